The summed E-state index contributed by atoms with van der Waals surface area (Å²) in [5.74, 6) is -2.48. The molecule has 0 bridgehead atoms. The maximum atomic E-state index is 13.9. The number of carboxylic acid groups (broad SMARTS) is 1. The van der Waals surface area contributed by atoms with E-state index in [1.54, 1.807) is 6.20 Å². The van der Waals surface area contributed by atoms with Crippen LogP contribution in [0, 0.1) is 0 Å². The molecule has 2 aromatic carbocycles. The molecule has 0 aliphatic heterocycles. The van der Waals surface area contributed by atoms with Gasteiger partial charge in [-0.15, -0.1) is 0 Å². The number of rotatable bonds is 16. The van der Waals surface area contributed by atoms with Gasteiger partial charge in [0.2, 0.25) is 17.7 Å². The maximum Gasteiger partial charge on any atom is 0.326 e. The standard InChI is InChI=1S/C33H38N8O5S/c1-47-11-10-27(33(45)46)39-31(43)28(13-20-16-37-26-9-5-3-7-23(20)26)41-32(44)29(14-21-17-35-18-38-21)40-30(42)24(34)12-19-15-36-25-8-4-2-6-22(19)25/h2-9,15-18,24,27-29,36-37H,10-14,34H2,1H3,(H,35,38)(H,39,43)(H,40,42)(H,41,44)(H,45,46). The molecule has 246 valence electrons. The van der Waals surface area contributed by atoms with Crippen molar-refractivity contribution in [3.63, 3.8) is 0 Å². The van der Waals surface area contributed by atoms with Crippen LogP contribution in [0.4, 0.5) is 0 Å². The van der Waals surface area contributed by atoms with Crippen molar-refractivity contribution >= 4 is 57.3 Å². The second-order valence-electron chi connectivity index (χ2n) is 11.3. The molecule has 47 heavy (non-hydrogen) atoms. The molecule has 0 fully saturated rings. The van der Waals surface area contributed by atoms with E-state index >= 15 is 0 Å². The van der Waals surface area contributed by atoms with Gasteiger partial charge in [0.15, 0.2) is 0 Å². The summed E-state index contributed by atoms with van der Waals surface area (Å²) in [5.41, 5.74) is 10.3. The second-order valence-corrected chi connectivity index (χ2v) is 12.3. The first-order valence-corrected chi connectivity index (χ1v) is 16.6. The molecule has 0 saturated heterocycles. The molecule has 5 aromatic rings. The molecule has 4 unspecified atom stereocenters. The lowest BCUT2D eigenvalue weighted by Gasteiger charge is -2.25. The molecule has 0 radical (unpaired) electrons. The van der Waals surface area contributed by atoms with E-state index in [1.807, 2.05) is 61.0 Å². The van der Waals surface area contributed by atoms with Crippen LogP contribution in [0.25, 0.3) is 21.8 Å². The molecule has 0 aliphatic carbocycles. The number of aromatic nitrogens is 4. The molecule has 3 heterocycles. The van der Waals surface area contributed by atoms with Crippen molar-refractivity contribution in [2.75, 3.05) is 12.0 Å². The normalized spacial score (nSPS) is 13.9. The van der Waals surface area contributed by atoms with E-state index in [2.05, 4.69) is 35.9 Å². The summed E-state index contributed by atoms with van der Waals surface area (Å²) in [6, 6.07) is 10.8. The minimum Gasteiger partial charge on any atom is -0.480 e. The third-order valence-corrected chi connectivity index (χ3v) is 8.66. The van der Waals surface area contributed by atoms with Crippen LogP contribution in [0.3, 0.4) is 0 Å². The number of hydrogen-bond acceptors (Lipinski definition) is 7. The number of nitrogens with two attached hydrogens (primary N) is 1. The van der Waals surface area contributed by atoms with Crippen molar-refractivity contribution < 1.29 is 24.3 Å². The quantitative estimate of drug-likeness (QED) is 0.0784. The zero-order valence-electron chi connectivity index (χ0n) is 25.8. The fraction of sp³-hybridized carbons (Fsp3) is 0.303. The molecule has 0 saturated carbocycles. The van der Waals surface area contributed by atoms with E-state index in [0.29, 0.717) is 11.4 Å². The van der Waals surface area contributed by atoms with Gasteiger partial charge >= 0.3 is 5.97 Å². The Labute approximate surface area is 274 Å². The van der Waals surface area contributed by atoms with Crippen molar-refractivity contribution in [1.29, 1.82) is 0 Å². The summed E-state index contributed by atoms with van der Waals surface area (Å²) < 4.78 is 0. The van der Waals surface area contributed by atoms with Gasteiger partial charge in [0.05, 0.1) is 12.4 Å². The molecular formula is C33H38N8O5S. The van der Waals surface area contributed by atoms with E-state index in [9.17, 15) is 24.3 Å². The monoisotopic (exact) mass is 658 g/mol. The molecule has 3 amide bonds. The number of aliphatic carboxylic acids is 1. The average Bonchev–Trinajstić information content (AvgIpc) is 3.83. The maximum absolute atomic E-state index is 13.9. The Hall–Kier alpha value is -5.08. The number of benzene rings is 2. The third kappa shape index (κ3) is 8.40. The first kappa shape index (κ1) is 33.3. The number of nitrogens with zero attached hydrogens (tertiary/aromatic N) is 1. The number of carbonyl (C=O) groups excluding carboxylic acids is 3. The lowest BCUT2D eigenvalue weighted by Crippen LogP contribution is -2.58. The average molecular weight is 659 g/mol. The zero-order chi connectivity index (χ0) is 33.3. The van der Waals surface area contributed by atoms with Crippen LogP contribution in [0.15, 0.2) is 73.4 Å². The Kier molecular flexibility index (Phi) is 11.0. The van der Waals surface area contributed by atoms with Gasteiger partial charge in [-0.1, -0.05) is 36.4 Å². The first-order chi connectivity index (χ1) is 22.7. The molecule has 14 heteroatoms. The smallest absolute Gasteiger partial charge is 0.326 e. The summed E-state index contributed by atoms with van der Waals surface area (Å²) in [5, 5.41) is 19.7. The van der Waals surface area contributed by atoms with E-state index < -0.39 is 47.9 Å². The minimum atomic E-state index is -1.17. The first-order valence-electron chi connectivity index (χ1n) is 15.2. The van der Waals surface area contributed by atoms with Crippen molar-refractivity contribution in [3.05, 3.63) is 90.3 Å². The van der Waals surface area contributed by atoms with E-state index in [4.69, 9.17) is 5.73 Å². The highest BCUT2D eigenvalue weighted by molar-refractivity contribution is 7.98. The number of carbonyl (C=O) groups is 4. The number of nitrogens with one attached hydrogen (secondary N) is 6. The van der Waals surface area contributed by atoms with Crippen molar-refractivity contribution in [2.45, 2.75) is 49.9 Å². The number of thioether (sulfide) groups is 1. The zero-order valence-corrected chi connectivity index (χ0v) is 26.6. The lowest BCUT2D eigenvalue weighted by molar-refractivity contribution is -0.142. The Bertz CT molecular complexity index is 1830. The van der Waals surface area contributed by atoms with E-state index in [1.165, 1.54) is 24.3 Å². The largest absolute Gasteiger partial charge is 0.480 e. The summed E-state index contributed by atoms with van der Waals surface area (Å²) >= 11 is 1.46. The predicted octanol–water partition coefficient (Wildman–Crippen LogP) is 2.02. The minimum absolute atomic E-state index is 0.0459. The van der Waals surface area contributed by atoms with Gasteiger partial charge in [-0.05, 0) is 48.1 Å². The molecule has 5 rings (SSSR count). The van der Waals surface area contributed by atoms with Crippen LogP contribution in [0.2, 0.25) is 0 Å². The Morgan fingerprint density at radius 2 is 1.34 bits per heavy atom. The van der Waals surface area contributed by atoms with Gasteiger partial charge in [0.25, 0.3) is 0 Å². The fourth-order valence-corrected chi connectivity index (χ4v) is 5.97. The van der Waals surface area contributed by atoms with Gasteiger partial charge in [0, 0.05) is 58.9 Å². The number of fused-ring (bicyclic) bond motifs is 2. The highest BCUT2D eigenvalue weighted by Gasteiger charge is 2.31. The van der Waals surface area contributed by atoms with Crippen molar-refractivity contribution in [3.8, 4) is 0 Å². The Morgan fingerprint density at radius 3 is 1.91 bits per heavy atom. The molecule has 0 aliphatic rings. The lowest BCUT2D eigenvalue weighted by atomic mass is 10.0. The molecule has 9 N–H and O–H groups in total. The van der Waals surface area contributed by atoms with Gasteiger partial charge in [-0.2, -0.15) is 11.8 Å². The number of aromatic amines is 3. The predicted molar refractivity (Wildman–Crippen MR) is 181 cm³/mol. The van der Waals surface area contributed by atoms with Gasteiger partial charge < -0.3 is 41.7 Å². The number of carboxylic acids is 1. The number of hydrogen-bond donors (Lipinski definition) is 8. The van der Waals surface area contributed by atoms with E-state index in [0.717, 1.165) is 32.9 Å². The van der Waals surface area contributed by atoms with Crippen LogP contribution in [-0.2, 0) is 38.4 Å². The topological polar surface area (TPSA) is 211 Å². The van der Waals surface area contributed by atoms with Crippen molar-refractivity contribution in [2.24, 2.45) is 5.73 Å². The van der Waals surface area contributed by atoms with Crippen LogP contribution in [-0.4, -0.2) is 84.9 Å². The van der Waals surface area contributed by atoms with Gasteiger partial charge in [-0.3, -0.25) is 14.4 Å². The van der Waals surface area contributed by atoms with Gasteiger partial charge in [-0.25, -0.2) is 9.78 Å². The molecule has 0 spiro atoms. The fourth-order valence-electron chi connectivity index (χ4n) is 5.50. The van der Waals surface area contributed by atoms with Crippen LogP contribution < -0.4 is 21.7 Å². The molecule has 13 nitrogen and oxygen atoms in total. The third-order valence-electron chi connectivity index (χ3n) is 8.02. The summed E-state index contributed by atoms with van der Waals surface area (Å²) in [4.78, 5) is 66.2. The highest BCUT2D eigenvalue weighted by atomic mass is 32.2. The number of para-hydroxylation sites is 2. The van der Waals surface area contributed by atoms with Gasteiger partial charge in [0.1, 0.15) is 18.1 Å². The summed E-state index contributed by atoms with van der Waals surface area (Å²) in [7, 11) is 0. The number of amides is 3. The van der Waals surface area contributed by atoms with Crippen LogP contribution in [0.1, 0.15) is 23.2 Å². The number of H-pyrrole nitrogens is 3. The molecular weight excluding hydrogens is 620 g/mol. The second kappa shape index (κ2) is 15.5. The SMILES string of the molecule is CSCCC(NC(=O)C(Cc1c[nH]c2ccccc12)NC(=O)C(Cc1cnc[nH]1)NC(=O)C(N)Cc1c[nH]c2ccccc12)C(=O)O. The summed E-state index contributed by atoms with van der Waals surface area (Å²) in [6.45, 7) is 0. The Morgan fingerprint density at radius 1 is 0.787 bits per heavy atom. The van der Waals surface area contributed by atoms with Crippen LogP contribution >= 0.6 is 11.8 Å². The molecule has 4 atom stereocenters. The highest BCUT2D eigenvalue weighted by Crippen LogP contribution is 2.20. The van der Waals surface area contributed by atoms with Crippen molar-refractivity contribution in [1.82, 2.24) is 35.9 Å². The Balaban J connectivity index is 1.36. The molecule has 3 aromatic heterocycles. The number of imidazole rings is 1. The van der Waals surface area contributed by atoms with Crippen LogP contribution in [0.5, 0.6) is 0 Å². The summed E-state index contributed by atoms with van der Waals surface area (Å²) in [6.07, 6.45) is 8.97. The van der Waals surface area contributed by atoms with E-state index in [-0.39, 0.29) is 25.7 Å².